The minimum atomic E-state index is -3.09. The Morgan fingerprint density at radius 2 is 1.85 bits per heavy atom. The Hall–Kier alpha value is -1.87. The number of nitrogens with zero attached hydrogens (tertiary/aromatic N) is 6. The molecule has 1 fully saturated rings. The number of aryl methyl sites for hydroxylation is 1. The van der Waals surface area contributed by atoms with E-state index >= 15 is 0 Å². The minimum absolute atomic E-state index is 0.193. The third-order valence-corrected chi connectivity index (χ3v) is 8.08. The van der Waals surface area contributed by atoms with Crippen molar-refractivity contribution in [3.8, 4) is 11.5 Å². The topological polar surface area (TPSA) is 93.9 Å². The number of hydrogen-bond donors (Lipinski definition) is 0. The molecule has 1 saturated heterocycles. The average molecular weight is 391 g/mol. The molecule has 4 heterocycles. The van der Waals surface area contributed by atoms with Crippen molar-refractivity contribution in [3.05, 3.63) is 24.4 Å². The van der Waals surface area contributed by atoms with Gasteiger partial charge in [0.25, 0.3) is 0 Å². The molecule has 0 N–H and O–H groups in total. The normalized spacial score (nSPS) is 20.3. The smallest absolute Gasteiger partial charge is 0.214 e. The monoisotopic (exact) mass is 390 g/mol. The van der Waals surface area contributed by atoms with Crippen LogP contribution < -0.4 is 0 Å². The Morgan fingerprint density at radius 1 is 1.07 bits per heavy atom. The second-order valence-corrected chi connectivity index (χ2v) is 9.74. The highest BCUT2D eigenvalue weighted by molar-refractivity contribution is 7.89. The van der Waals surface area contributed by atoms with Gasteiger partial charge in [-0.1, -0.05) is 6.92 Å². The summed E-state index contributed by atoms with van der Waals surface area (Å²) >= 11 is 0. The standard InChI is InChI=1S/C18H26N6O2S/c1-2-13-27(25,26)23-10-5-18(6-11-23)4-3-16-21-22-17(24(16)12-7-18)15-14-19-8-9-20-15/h8-9,14H,2-7,10-13H2,1H3. The summed E-state index contributed by atoms with van der Waals surface area (Å²) in [6.07, 6.45) is 10.5. The van der Waals surface area contributed by atoms with Gasteiger partial charge in [-0.2, -0.15) is 0 Å². The molecule has 8 nitrogen and oxygen atoms in total. The molecule has 0 saturated carbocycles. The van der Waals surface area contributed by atoms with Gasteiger partial charge < -0.3 is 4.57 Å². The van der Waals surface area contributed by atoms with Crippen molar-refractivity contribution in [2.75, 3.05) is 18.8 Å². The molecule has 2 aliphatic rings. The molecule has 9 heteroatoms. The SMILES string of the molecule is CCCS(=O)(=O)N1CCC2(CCc3nnc(-c4cnccn4)n3CC2)CC1. The van der Waals surface area contributed by atoms with E-state index < -0.39 is 10.0 Å². The van der Waals surface area contributed by atoms with Crippen LogP contribution in [0.15, 0.2) is 18.6 Å². The number of piperidine rings is 1. The first-order valence-electron chi connectivity index (χ1n) is 9.69. The summed E-state index contributed by atoms with van der Waals surface area (Å²) < 4.78 is 28.6. The molecule has 0 aliphatic carbocycles. The van der Waals surface area contributed by atoms with Crippen LogP contribution in [-0.4, -0.2) is 56.3 Å². The Balaban J connectivity index is 1.48. The van der Waals surface area contributed by atoms with E-state index in [-0.39, 0.29) is 11.2 Å². The van der Waals surface area contributed by atoms with Crippen LogP contribution in [0, 0.1) is 5.41 Å². The van der Waals surface area contributed by atoms with Crippen LogP contribution in [0.3, 0.4) is 0 Å². The first-order chi connectivity index (χ1) is 13.0. The summed E-state index contributed by atoms with van der Waals surface area (Å²) in [7, 11) is -3.09. The van der Waals surface area contributed by atoms with Crippen LogP contribution >= 0.6 is 0 Å². The Morgan fingerprint density at radius 3 is 2.56 bits per heavy atom. The zero-order valence-corrected chi connectivity index (χ0v) is 16.5. The zero-order valence-electron chi connectivity index (χ0n) is 15.7. The fraction of sp³-hybridized carbons (Fsp3) is 0.667. The number of sulfonamides is 1. The van der Waals surface area contributed by atoms with Gasteiger partial charge in [-0.25, -0.2) is 17.7 Å². The molecule has 0 amide bonds. The molecule has 2 aromatic heterocycles. The molecule has 27 heavy (non-hydrogen) atoms. The van der Waals surface area contributed by atoms with Gasteiger partial charge in [0.2, 0.25) is 10.0 Å². The van der Waals surface area contributed by atoms with Gasteiger partial charge in [0.15, 0.2) is 5.82 Å². The number of aromatic nitrogens is 5. The maximum atomic E-state index is 12.4. The summed E-state index contributed by atoms with van der Waals surface area (Å²) in [5, 5.41) is 8.72. The van der Waals surface area contributed by atoms with Crippen molar-refractivity contribution < 1.29 is 8.42 Å². The fourth-order valence-electron chi connectivity index (χ4n) is 4.34. The highest BCUT2D eigenvalue weighted by Gasteiger charge is 2.39. The molecule has 4 rings (SSSR count). The lowest BCUT2D eigenvalue weighted by atomic mass is 9.73. The second kappa shape index (κ2) is 7.27. The first-order valence-corrected chi connectivity index (χ1v) is 11.3. The van der Waals surface area contributed by atoms with E-state index in [1.165, 1.54) is 0 Å². The van der Waals surface area contributed by atoms with Gasteiger partial charge in [-0.05, 0) is 37.5 Å². The molecule has 0 bridgehead atoms. The van der Waals surface area contributed by atoms with Gasteiger partial charge in [0.05, 0.1) is 11.9 Å². The fourth-order valence-corrected chi connectivity index (χ4v) is 5.85. The van der Waals surface area contributed by atoms with E-state index in [0.717, 1.165) is 56.0 Å². The predicted octanol–water partition coefficient (Wildman–Crippen LogP) is 1.89. The summed E-state index contributed by atoms with van der Waals surface area (Å²) in [6.45, 7) is 4.04. The maximum Gasteiger partial charge on any atom is 0.214 e. The third-order valence-electron chi connectivity index (χ3n) is 6.00. The Kier molecular flexibility index (Phi) is 4.98. The van der Waals surface area contributed by atoms with Crippen LogP contribution in [0.1, 0.15) is 44.9 Å². The quantitative estimate of drug-likeness (QED) is 0.791. The molecule has 0 aromatic carbocycles. The van der Waals surface area contributed by atoms with Crippen LogP contribution in [0.4, 0.5) is 0 Å². The molecule has 1 spiro atoms. The number of rotatable bonds is 4. The molecular formula is C18H26N6O2S. The highest BCUT2D eigenvalue weighted by Crippen LogP contribution is 2.42. The van der Waals surface area contributed by atoms with E-state index in [9.17, 15) is 8.42 Å². The summed E-state index contributed by atoms with van der Waals surface area (Å²) in [6, 6.07) is 0. The van der Waals surface area contributed by atoms with Crippen LogP contribution in [-0.2, 0) is 23.0 Å². The summed E-state index contributed by atoms with van der Waals surface area (Å²) in [5.41, 5.74) is 0.936. The minimum Gasteiger partial charge on any atom is -0.310 e. The van der Waals surface area contributed by atoms with Gasteiger partial charge in [-0.15, -0.1) is 10.2 Å². The van der Waals surface area contributed by atoms with Crippen LogP contribution in [0.25, 0.3) is 11.5 Å². The van der Waals surface area contributed by atoms with Gasteiger partial charge >= 0.3 is 0 Å². The van der Waals surface area contributed by atoms with Crippen molar-refractivity contribution in [2.24, 2.45) is 5.41 Å². The summed E-state index contributed by atoms with van der Waals surface area (Å²) in [5.74, 6) is 2.02. The van der Waals surface area contributed by atoms with E-state index in [1.54, 1.807) is 22.9 Å². The lowest BCUT2D eigenvalue weighted by Gasteiger charge is -2.40. The van der Waals surface area contributed by atoms with Crippen molar-refractivity contribution in [2.45, 2.75) is 52.0 Å². The van der Waals surface area contributed by atoms with Crippen molar-refractivity contribution in [1.82, 2.24) is 29.0 Å². The molecule has 146 valence electrons. The largest absolute Gasteiger partial charge is 0.310 e. The zero-order chi connectivity index (χ0) is 18.9. The average Bonchev–Trinajstić information content (AvgIpc) is 3.01. The van der Waals surface area contributed by atoms with Gasteiger partial charge in [-0.3, -0.25) is 4.98 Å². The molecule has 0 unspecified atom stereocenters. The molecule has 2 aliphatic heterocycles. The Labute approximate surface area is 160 Å². The van der Waals surface area contributed by atoms with E-state index in [4.69, 9.17) is 0 Å². The third kappa shape index (κ3) is 3.62. The highest BCUT2D eigenvalue weighted by atomic mass is 32.2. The molecule has 0 atom stereocenters. The summed E-state index contributed by atoms with van der Waals surface area (Å²) in [4.78, 5) is 8.50. The van der Waals surface area contributed by atoms with Crippen molar-refractivity contribution in [3.63, 3.8) is 0 Å². The molecule has 0 radical (unpaired) electrons. The van der Waals surface area contributed by atoms with Crippen LogP contribution in [0.5, 0.6) is 0 Å². The van der Waals surface area contributed by atoms with Gasteiger partial charge in [0.1, 0.15) is 11.5 Å². The lowest BCUT2D eigenvalue weighted by Crippen LogP contribution is -2.44. The van der Waals surface area contributed by atoms with E-state index in [1.807, 2.05) is 6.92 Å². The first kappa shape index (κ1) is 18.5. The van der Waals surface area contributed by atoms with Crippen molar-refractivity contribution >= 4 is 10.0 Å². The number of hydrogen-bond acceptors (Lipinski definition) is 6. The van der Waals surface area contributed by atoms with Crippen LogP contribution in [0.2, 0.25) is 0 Å². The Bertz CT molecular complexity index is 888. The maximum absolute atomic E-state index is 12.4. The molecular weight excluding hydrogens is 364 g/mol. The number of fused-ring (bicyclic) bond motifs is 1. The van der Waals surface area contributed by atoms with E-state index in [0.29, 0.717) is 19.5 Å². The van der Waals surface area contributed by atoms with Crippen molar-refractivity contribution in [1.29, 1.82) is 0 Å². The molecule has 2 aromatic rings. The predicted molar refractivity (Wildman–Crippen MR) is 101 cm³/mol. The van der Waals surface area contributed by atoms with Gasteiger partial charge in [0, 0.05) is 38.4 Å². The second-order valence-electron chi connectivity index (χ2n) is 7.65. The van der Waals surface area contributed by atoms with E-state index in [2.05, 4.69) is 24.7 Å². The lowest BCUT2D eigenvalue weighted by molar-refractivity contribution is 0.129.